The Morgan fingerprint density at radius 3 is 2.37 bits per heavy atom. The van der Waals surface area contributed by atoms with Crippen molar-refractivity contribution in [3.63, 3.8) is 0 Å². The van der Waals surface area contributed by atoms with Gasteiger partial charge in [0.05, 0.1) is 5.69 Å². The van der Waals surface area contributed by atoms with E-state index in [1.54, 1.807) is 0 Å². The summed E-state index contributed by atoms with van der Waals surface area (Å²) in [5, 5.41) is 4.52. The summed E-state index contributed by atoms with van der Waals surface area (Å²) < 4.78 is 1.97. The molecule has 0 amide bonds. The molecule has 1 rings (SSSR count). The molecule has 0 saturated carbocycles. The van der Waals surface area contributed by atoms with E-state index in [1.165, 1.54) is 11.4 Å². The first-order valence-corrected chi connectivity index (χ1v) is 6.99. The number of nitrogens with two attached hydrogens (primary N) is 1. The van der Waals surface area contributed by atoms with Gasteiger partial charge in [-0.15, -0.1) is 0 Å². The monoisotopic (exact) mass is 267 g/mol. The molecule has 0 fully saturated rings. The lowest BCUT2D eigenvalue weighted by atomic mass is 10.1. The number of likely N-dealkylation sites (N-methyl/N-ethyl adjacent to an activating group) is 1. The molecule has 0 bridgehead atoms. The molecule has 19 heavy (non-hydrogen) atoms. The second-order valence-electron chi connectivity index (χ2n) is 5.86. The standard InChI is InChI=1S/C14H29N5/c1-11(2)10-19(8-7-17(4)5)14-13(9-15)12(3)16-18(14)6/h11H,7-10,15H2,1-6H3. The summed E-state index contributed by atoms with van der Waals surface area (Å²) in [6.07, 6.45) is 0. The molecule has 5 heteroatoms. The third kappa shape index (κ3) is 4.21. The van der Waals surface area contributed by atoms with Crippen molar-refractivity contribution in [1.29, 1.82) is 0 Å². The van der Waals surface area contributed by atoms with Crippen LogP contribution in [0.3, 0.4) is 0 Å². The van der Waals surface area contributed by atoms with Crippen LogP contribution < -0.4 is 10.6 Å². The molecular weight excluding hydrogens is 238 g/mol. The molecule has 110 valence electrons. The predicted octanol–water partition coefficient (Wildman–Crippen LogP) is 1.21. The molecule has 5 nitrogen and oxygen atoms in total. The quantitative estimate of drug-likeness (QED) is 0.807. The van der Waals surface area contributed by atoms with Crippen LogP contribution in [-0.4, -0.2) is 48.4 Å². The number of aromatic nitrogens is 2. The average molecular weight is 267 g/mol. The van der Waals surface area contributed by atoms with Gasteiger partial charge in [-0.1, -0.05) is 13.8 Å². The number of hydrogen-bond donors (Lipinski definition) is 1. The SMILES string of the molecule is Cc1nn(C)c(N(CCN(C)C)CC(C)C)c1CN. The van der Waals surface area contributed by atoms with Crippen molar-refractivity contribution in [2.75, 3.05) is 38.6 Å². The lowest BCUT2D eigenvalue weighted by Gasteiger charge is -2.29. The van der Waals surface area contributed by atoms with Gasteiger partial charge >= 0.3 is 0 Å². The number of anilines is 1. The lowest BCUT2D eigenvalue weighted by molar-refractivity contribution is 0.407. The van der Waals surface area contributed by atoms with Gasteiger partial charge in [-0.3, -0.25) is 4.68 Å². The van der Waals surface area contributed by atoms with Crippen LogP contribution in [0.4, 0.5) is 5.82 Å². The Labute approximate surface area is 117 Å². The molecule has 0 unspecified atom stereocenters. The fourth-order valence-corrected chi connectivity index (χ4v) is 2.37. The maximum Gasteiger partial charge on any atom is 0.131 e. The Kier molecular flexibility index (Phi) is 5.82. The minimum absolute atomic E-state index is 0.547. The fraction of sp³-hybridized carbons (Fsp3) is 0.786. The van der Waals surface area contributed by atoms with Gasteiger partial charge in [0, 0.05) is 38.8 Å². The van der Waals surface area contributed by atoms with Crippen molar-refractivity contribution < 1.29 is 0 Å². The molecule has 1 aromatic rings. The van der Waals surface area contributed by atoms with E-state index in [0.717, 1.165) is 25.3 Å². The molecule has 0 aliphatic heterocycles. The highest BCUT2D eigenvalue weighted by atomic mass is 15.4. The van der Waals surface area contributed by atoms with Crippen LogP contribution in [-0.2, 0) is 13.6 Å². The molecular formula is C14H29N5. The van der Waals surface area contributed by atoms with Crippen molar-refractivity contribution in [3.8, 4) is 0 Å². The molecule has 1 aromatic heterocycles. The van der Waals surface area contributed by atoms with E-state index < -0.39 is 0 Å². The van der Waals surface area contributed by atoms with E-state index in [4.69, 9.17) is 5.73 Å². The Morgan fingerprint density at radius 2 is 1.89 bits per heavy atom. The van der Waals surface area contributed by atoms with Crippen molar-refractivity contribution in [2.24, 2.45) is 18.7 Å². The zero-order chi connectivity index (χ0) is 14.6. The first-order valence-electron chi connectivity index (χ1n) is 6.99. The van der Waals surface area contributed by atoms with Crippen molar-refractivity contribution in [3.05, 3.63) is 11.3 Å². The minimum Gasteiger partial charge on any atom is -0.355 e. The Bertz CT molecular complexity index is 395. The zero-order valence-electron chi connectivity index (χ0n) is 13.3. The van der Waals surface area contributed by atoms with Crippen molar-refractivity contribution in [2.45, 2.75) is 27.3 Å². The van der Waals surface area contributed by atoms with Crippen LogP contribution in [0.1, 0.15) is 25.1 Å². The molecule has 0 radical (unpaired) electrons. The van der Waals surface area contributed by atoms with Crippen LogP contribution in [0, 0.1) is 12.8 Å². The maximum atomic E-state index is 5.90. The highest BCUT2D eigenvalue weighted by molar-refractivity contribution is 5.50. The Hall–Kier alpha value is -1.07. The van der Waals surface area contributed by atoms with Gasteiger partial charge in [-0.05, 0) is 26.9 Å². The van der Waals surface area contributed by atoms with Gasteiger partial charge in [-0.2, -0.15) is 5.10 Å². The molecule has 0 aliphatic carbocycles. The molecule has 1 heterocycles. The van der Waals surface area contributed by atoms with E-state index in [9.17, 15) is 0 Å². The number of hydrogen-bond acceptors (Lipinski definition) is 4. The average Bonchev–Trinajstić information content (AvgIpc) is 2.58. The summed E-state index contributed by atoms with van der Waals surface area (Å²) in [5.74, 6) is 1.79. The van der Waals surface area contributed by atoms with Gasteiger partial charge in [0.25, 0.3) is 0 Å². The van der Waals surface area contributed by atoms with Crippen molar-refractivity contribution >= 4 is 5.82 Å². The summed E-state index contributed by atoms with van der Waals surface area (Å²) in [6.45, 7) is 10.1. The third-order valence-corrected chi connectivity index (χ3v) is 3.22. The molecule has 0 aromatic carbocycles. The van der Waals surface area contributed by atoms with Crippen LogP contribution in [0.2, 0.25) is 0 Å². The van der Waals surface area contributed by atoms with Crippen LogP contribution in [0.25, 0.3) is 0 Å². The van der Waals surface area contributed by atoms with Gasteiger partial charge in [0.1, 0.15) is 5.82 Å². The zero-order valence-corrected chi connectivity index (χ0v) is 13.3. The summed E-state index contributed by atoms with van der Waals surface area (Å²) in [7, 11) is 6.21. The highest BCUT2D eigenvalue weighted by Crippen LogP contribution is 2.23. The maximum absolute atomic E-state index is 5.90. The second kappa shape index (κ2) is 6.91. The molecule has 2 N–H and O–H groups in total. The topological polar surface area (TPSA) is 50.3 Å². The molecule has 0 aliphatic rings. The third-order valence-electron chi connectivity index (χ3n) is 3.22. The fourth-order valence-electron chi connectivity index (χ4n) is 2.37. The number of nitrogens with zero attached hydrogens (tertiary/aromatic N) is 4. The van der Waals surface area contributed by atoms with E-state index in [-0.39, 0.29) is 0 Å². The lowest BCUT2D eigenvalue weighted by Crippen LogP contribution is -2.36. The Morgan fingerprint density at radius 1 is 1.26 bits per heavy atom. The molecule has 0 spiro atoms. The highest BCUT2D eigenvalue weighted by Gasteiger charge is 2.19. The van der Waals surface area contributed by atoms with E-state index in [2.05, 4.69) is 42.8 Å². The first kappa shape index (κ1) is 16.0. The van der Waals surface area contributed by atoms with Gasteiger partial charge in [0.15, 0.2) is 0 Å². The van der Waals surface area contributed by atoms with Gasteiger partial charge < -0.3 is 15.5 Å². The van der Waals surface area contributed by atoms with Gasteiger partial charge in [-0.25, -0.2) is 0 Å². The molecule has 0 saturated heterocycles. The van der Waals surface area contributed by atoms with Gasteiger partial charge in [0.2, 0.25) is 0 Å². The predicted molar refractivity (Wildman–Crippen MR) is 81.4 cm³/mol. The molecule has 0 atom stereocenters. The Balaban J connectivity index is 3.02. The smallest absolute Gasteiger partial charge is 0.131 e. The van der Waals surface area contributed by atoms with E-state index in [1.807, 2.05) is 18.7 Å². The number of rotatable bonds is 7. The minimum atomic E-state index is 0.547. The van der Waals surface area contributed by atoms with Crippen molar-refractivity contribution in [1.82, 2.24) is 14.7 Å². The first-order chi connectivity index (χ1) is 8.86. The van der Waals surface area contributed by atoms with Crippen LogP contribution in [0.15, 0.2) is 0 Å². The summed E-state index contributed by atoms with van der Waals surface area (Å²) in [6, 6.07) is 0. The van der Waals surface area contributed by atoms with Crippen LogP contribution >= 0.6 is 0 Å². The summed E-state index contributed by atoms with van der Waals surface area (Å²) in [5.41, 5.74) is 8.11. The summed E-state index contributed by atoms with van der Waals surface area (Å²) in [4.78, 5) is 4.62. The second-order valence-corrected chi connectivity index (χ2v) is 5.86. The summed E-state index contributed by atoms with van der Waals surface area (Å²) >= 11 is 0. The van der Waals surface area contributed by atoms with Crippen LogP contribution in [0.5, 0.6) is 0 Å². The largest absolute Gasteiger partial charge is 0.355 e. The number of aryl methyl sites for hydroxylation is 2. The normalized spacial score (nSPS) is 11.6. The van der Waals surface area contributed by atoms with E-state index >= 15 is 0 Å². The van der Waals surface area contributed by atoms with E-state index in [0.29, 0.717) is 12.5 Å².